The molecule has 1 aliphatic rings. The van der Waals surface area contributed by atoms with E-state index in [1.54, 1.807) is 6.07 Å². The first-order chi connectivity index (χ1) is 9.25. The molecule has 104 valence electrons. The van der Waals surface area contributed by atoms with Crippen molar-refractivity contribution in [1.82, 2.24) is 10.2 Å². The van der Waals surface area contributed by atoms with Gasteiger partial charge in [-0.1, -0.05) is 12.1 Å². The number of carbonyl (C=O) groups is 1. The van der Waals surface area contributed by atoms with E-state index >= 15 is 0 Å². The van der Waals surface area contributed by atoms with Gasteiger partial charge in [-0.15, -0.1) is 0 Å². The molecule has 1 amide bonds. The van der Waals surface area contributed by atoms with Crippen LogP contribution in [0.1, 0.15) is 24.8 Å². The Bertz CT molecular complexity index is 416. The van der Waals surface area contributed by atoms with E-state index in [2.05, 4.69) is 5.32 Å². The first kappa shape index (κ1) is 14.0. The second-order valence-corrected chi connectivity index (χ2v) is 5.00. The summed E-state index contributed by atoms with van der Waals surface area (Å²) in [5.41, 5.74) is 0.956. The number of halogens is 1. The number of hydrogen-bond donors (Lipinski definition) is 1. The SMILES string of the molecule is O=C(CNCCc1cccc(F)c1)N1CCCCC1. The average Bonchev–Trinajstić information content (AvgIpc) is 2.44. The van der Waals surface area contributed by atoms with Crippen molar-refractivity contribution in [1.29, 1.82) is 0 Å². The van der Waals surface area contributed by atoms with Crippen LogP contribution < -0.4 is 5.32 Å². The number of nitrogens with one attached hydrogen (secondary N) is 1. The summed E-state index contributed by atoms with van der Waals surface area (Å²) in [6.07, 6.45) is 4.21. The molecule has 1 aliphatic heterocycles. The van der Waals surface area contributed by atoms with Crippen LogP contribution in [0.4, 0.5) is 4.39 Å². The summed E-state index contributed by atoms with van der Waals surface area (Å²) >= 11 is 0. The van der Waals surface area contributed by atoms with Crippen LogP contribution in [0, 0.1) is 5.82 Å². The van der Waals surface area contributed by atoms with E-state index in [0.717, 1.165) is 37.9 Å². The highest BCUT2D eigenvalue weighted by Gasteiger charge is 2.15. The molecule has 1 saturated heterocycles. The van der Waals surface area contributed by atoms with Gasteiger partial charge in [-0.2, -0.15) is 0 Å². The standard InChI is InChI=1S/C15H21FN2O/c16-14-6-4-5-13(11-14)7-8-17-12-15(19)18-9-2-1-3-10-18/h4-6,11,17H,1-3,7-10,12H2. The van der Waals surface area contributed by atoms with Gasteiger partial charge in [-0.25, -0.2) is 4.39 Å². The number of benzene rings is 1. The van der Waals surface area contributed by atoms with E-state index in [1.807, 2.05) is 11.0 Å². The summed E-state index contributed by atoms with van der Waals surface area (Å²) in [7, 11) is 0. The Morgan fingerprint density at radius 2 is 2.05 bits per heavy atom. The molecule has 0 unspecified atom stereocenters. The fraction of sp³-hybridized carbons (Fsp3) is 0.533. The molecule has 3 nitrogen and oxygen atoms in total. The van der Waals surface area contributed by atoms with Crippen LogP contribution in [-0.2, 0) is 11.2 Å². The van der Waals surface area contributed by atoms with E-state index < -0.39 is 0 Å². The molecule has 1 fully saturated rings. The molecule has 0 saturated carbocycles. The lowest BCUT2D eigenvalue weighted by atomic mass is 10.1. The minimum absolute atomic E-state index is 0.180. The van der Waals surface area contributed by atoms with Gasteiger partial charge in [0, 0.05) is 13.1 Å². The number of hydrogen-bond acceptors (Lipinski definition) is 2. The zero-order valence-electron chi connectivity index (χ0n) is 11.2. The van der Waals surface area contributed by atoms with E-state index in [0.29, 0.717) is 13.1 Å². The quantitative estimate of drug-likeness (QED) is 0.825. The lowest BCUT2D eigenvalue weighted by molar-refractivity contribution is -0.131. The van der Waals surface area contributed by atoms with Crippen LogP contribution in [0.2, 0.25) is 0 Å². The highest BCUT2D eigenvalue weighted by molar-refractivity contribution is 5.78. The van der Waals surface area contributed by atoms with Gasteiger partial charge in [0.05, 0.1) is 6.54 Å². The predicted molar refractivity (Wildman–Crippen MR) is 73.4 cm³/mol. The Morgan fingerprint density at radius 3 is 2.79 bits per heavy atom. The summed E-state index contributed by atoms with van der Waals surface area (Å²) in [5, 5.41) is 3.14. The lowest BCUT2D eigenvalue weighted by Crippen LogP contribution is -2.41. The largest absolute Gasteiger partial charge is 0.342 e. The normalized spacial score (nSPS) is 15.5. The molecule has 1 heterocycles. The Balaban J connectivity index is 1.65. The first-order valence-corrected chi connectivity index (χ1v) is 6.98. The maximum absolute atomic E-state index is 13.0. The fourth-order valence-corrected chi connectivity index (χ4v) is 2.38. The van der Waals surface area contributed by atoms with Crippen molar-refractivity contribution in [2.24, 2.45) is 0 Å². The number of piperidine rings is 1. The topological polar surface area (TPSA) is 32.3 Å². The van der Waals surface area contributed by atoms with Crippen LogP contribution >= 0.6 is 0 Å². The van der Waals surface area contributed by atoms with E-state index in [4.69, 9.17) is 0 Å². The van der Waals surface area contributed by atoms with Crippen molar-refractivity contribution in [2.45, 2.75) is 25.7 Å². The molecule has 2 rings (SSSR count). The van der Waals surface area contributed by atoms with Crippen LogP contribution in [0.25, 0.3) is 0 Å². The minimum Gasteiger partial charge on any atom is -0.342 e. The molecule has 0 radical (unpaired) electrons. The van der Waals surface area contributed by atoms with Gasteiger partial charge in [-0.05, 0) is 49.9 Å². The second-order valence-electron chi connectivity index (χ2n) is 5.00. The molecule has 0 aromatic heterocycles. The third-order valence-corrected chi connectivity index (χ3v) is 3.46. The minimum atomic E-state index is -0.207. The van der Waals surface area contributed by atoms with Gasteiger partial charge in [0.15, 0.2) is 0 Å². The number of amides is 1. The van der Waals surface area contributed by atoms with Gasteiger partial charge in [0.25, 0.3) is 0 Å². The Hall–Kier alpha value is -1.42. The monoisotopic (exact) mass is 264 g/mol. The summed E-state index contributed by atoms with van der Waals surface area (Å²) < 4.78 is 13.0. The molecule has 0 aliphatic carbocycles. The summed E-state index contributed by atoms with van der Waals surface area (Å²) in [6.45, 7) is 2.87. The number of nitrogens with zero attached hydrogens (tertiary/aromatic N) is 1. The molecule has 19 heavy (non-hydrogen) atoms. The molecule has 1 N–H and O–H groups in total. The zero-order valence-corrected chi connectivity index (χ0v) is 11.2. The Kier molecular flexibility index (Phi) is 5.33. The van der Waals surface area contributed by atoms with Crippen LogP contribution in [0.15, 0.2) is 24.3 Å². The van der Waals surface area contributed by atoms with Crippen molar-refractivity contribution in [3.63, 3.8) is 0 Å². The van der Waals surface area contributed by atoms with Crippen molar-refractivity contribution < 1.29 is 9.18 Å². The molecule has 4 heteroatoms. The smallest absolute Gasteiger partial charge is 0.236 e. The molecule has 0 bridgehead atoms. The maximum Gasteiger partial charge on any atom is 0.236 e. The van der Waals surface area contributed by atoms with Crippen molar-refractivity contribution in [3.8, 4) is 0 Å². The summed E-state index contributed by atoms with van der Waals surface area (Å²) in [5.74, 6) is -0.0270. The summed E-state index contributed by atoms with van der Waals surface area (Å²) in [4.78, 5) is 13.8. The molecule has 1 aromatic carbocycles. The van der Waals surface area contributed by atoms with Gasteiger partial charge in [0.1, 0.15) is 5.82 Å². The fourth-order valence-electron chi connectivity index (χ4n) is 2.38. The Morgan fingerprint density at radius 1 is 1.26 bits per heavy atom. The van der Waals surface area contributed by atoms with E-state index in [-0.39, 0.29) is 11.7 Å². The number of carbonyl (C=O) groups excluding carboxylic acids is 1. The predicted octanol–water partition coefficient (Wildman–Crippen LogP) is 1.97. The second kappa shape index (κ2) is 7.24. The first-order valence-electron chi connectivity index (χ1n) is 6.98. The molecular weight excluding hydrogens is 243 g/mol. The molecule has 0 spiro atoms. The highest BCUT2D eigenvalue weighted by atomic mass is 19.1. The average molecular weight is 264 g/mol. The van der Waals surface area contributed by atoms with Gasteiger partial charge in [0.2, 0.25) is 5.91 Å². The highest BCUT2D eigenvalue weighted by Crippen LogP contribution is 2.08. The van der Waals surface area contributed by atoms with E-state index in [9.17, 15) is 9.18 Å². The van der Waals surface area contributed by atoms with Crippen molar-refractivity contribution in [3.05, 3.63) is 35.6 Å². The van der Waals surface area contributed by atoms with Crippen LogP contribution in [0.3, 0.4) is 0 Å². The third-order valence-electron chi connectivity index (χ3n) is 3.46. The van der Waals surface area contributed by atoms with Gasteiger partial charge >= 0.3 is 0 Å². The van der Waals surface area contributed by atoms with Gasteiger partial charge < -0.3 is 10.2 Å². The molecule has 0 atom stereocenters. The lowest BCUT2D eigenvalue weighted by Gasteiger charge is -2.26. The third kappa shape index (κ3) is 4.63. The molecular formula is C15H21FN2O. The zero-order chi connectivity index (χ0) is 13.5. The maximum atomic E-state index is 13.0. The number of likely N-dealkylation sites (tertiary alicyclic amines) is 1. The van der Waals surface area contributed by atoms with Crippen LogP contribution in [-0.4, -0.2) is 37.0 Å². The van der Waals surface area contributed by atoms with E-state index in [1.165, 1.54) is 18.6 Å². The van der Waals surface area contributed by atoms with Crippen molar-refractivity contribution >= 4 is 5.91 Å². The Labute approximate surface area is 113 Å². The van der Waals surface area contributed by atoms with Crippen molar-refractivity contribution in [2.75, 3.05) is 26.2 Å². The molecule has 1 aromatic rings. The van der Waals surface area contributed by atoms with Gasteiger partial charge in [-0.3, -0.25) is 4.79 Å². The van der Waals surface area contributed by atoms with Crippen LogP contribution in [0.5, 0.6) is 0 Å². The summed E-state index contributed by atoms with van der Waals surface area (Å²) in [6, 6.07) is 6.59. The number of rotatable bonds is 5.